The van der Waals surface area contributed by atoms with Gasteiger partial charge in [0, 0.05) is 18.3 Å². The SMILES string of the molecule is CC(C)[C@H](NC(=O)[C@@H](N)CCCCN)C(=O)N[C@@H](Cc1cnc[nH]1)C(=O)O. The van der Waals surface area contributed by atoms with Gasteiger partial charge in [0.2, 0.25) is 11.8 Å². The van der Waals surface area contributed by atoms with Gasteiger partial charge in [-0.15, -0.1) is 0 Å². The van der Waals surface area contributed by atoms with Gasteiger partial charge >= 0.3 is 5.97 Å². The van der Waals surface area contributed by atoms with Gasteiger partial charge in [-0.1, -0.05) is 20.3 Å². The van der Waals surface area contributed by atoms with Crippen LogP contribution in [0.4, 0.5) is 0 Å². The molecule has 8 N–H and O–H groups in total. The molecule has 0 bridgehead atoms. The van der Waals surface area contributed by atoms with Gasteiger partial charge in [-0.05, 0) is 25.3 Å². The molecule has 10 nitrogen and oxygen atoms in total. The third-order valence-corrected chi connectivity index (χ3v) is 4.15. The van der Waals surface area contributed by atoms with Crippen molar-refractivity contribution in [3.63, 3.8) is 0 Å². The Bertz CT molecular complexity index is 605. The fraction of sp³-hybridized carbons (Fsp3) is 0.647. The van der Waals surface area contributed by atoms with Crippen molar-refractivity contribution in [1.82, 2.24) is 20.6 Å². The minimum Gasteiger partial charge on any atom is -0.480 e. The van der Waals surface area contributed by atoms with Crippen LogP contribution in [0, 0.1) is 5.92 Å². The second-order valence-electron chi connectivity index (χ2n) is 6.80. The zero-order valence-corrected chi connectivity index (χ0v) is 15.8. The average Bonchev–Trinajstić information content (AvgIpc) is 3.11. The maximum Gasteiger partial charge on any atom is 0.326 e. The monoisotopic (exact) mass is 382 g/mol. The molecule has 0 aliphatic rings. The number of aromatic nitrogens is 2. The molecule has 0 saturated heterocycles. The van der Waals surface area contributed by atoms with E-state index in [2.05, 4.69) is 20.6 Å². The summed E-state index contributed by atoms with van der Waals surface area (Å²) < 4.78 is 0. The van der Waals surface area contributed by atoms with Crippen molar-refractivity contribution in [3.05, 3.63) is 18.2 Å². The maximum absolute atomic E-state index is 12.6. The van der Waals surface area contributed by atoms with Gasteiger partial charge in [0.15, 0.2) is 0 Å². The predicted octanol–water partition coefficient (Wildman–Crippen LogP) is -0.881. The second-order valence-corrected chi connectivity index (χ2v) is 6.80. The molecule has 0 fully saturated rings. The molecule has 1 aromatic rings. The largest absolute Gasteiger partial charge is 0.480 e. The van der Waals surface area contributed by atoms with Crippen molar-refractivity contribution in [2.75, 3.05) is 6.54 Å². The molecule has 1 heterocycles. The van der Waals surface area contributed by atoms with E-state index in [-0.39, 0.29) is 12.3 Å². The van der Waals surface area contributed by atoms with Crippen LogP contribution in [0.1, 0.15) is 38.8 Å². The lowest BCUT2D eigenvalue weighted by Gasteiger charge is -2.25. The molecule has 0 aliphatic carbocycles. The van der Waals surface area contributed by atoms with Crippen molar-refractivity contribution < 1.29 is 19.5 Å². The highest BCUT2D eigenvalue weighted by molar-refractivity contribution is 5.91. The van der Waals surface area contributed by atoms with Crippen LogP contribution in [0.25, 0.3) is 0 Å². The van der Waals surface area contributed by atoms with E-state index in [0.29, 0.717) is 18.7 Å². The number of nitrogens with one attached hydrogen (secondary N) is 3. The number of carboxylic acids is 1. The molecule has 0 saturated carbocycles. The van der Waals surface area contributed by atoms with Gasteiger partial charge in [0.1, 0.15) is 12.1 Å². The number of hydrogen-bond donors (Lipinski definition) is 6. The summed E-state index contributed by atoms with van der Waals surface area (Å²) in [6, 6.07) is -2.78. The summed E-state index contributed by atoms with van der Waals surface area (Å²) in [5.74, 6) is -2.43. The zero-order chi connectivity index (χ0) is 20.4. The number of hydrogen-bond acceptors (Lipinski definition) is 6. The summed E-state index contributed by atoms with van der Waals surface area (Å²) in [7, 11) is 0. The van der Waals surface area contributed by atoms with Crippen molar-refractivity contribution in [1.29, 1.82) is 0 Å². The number of amides is 2. The number of rotatable bonds is 12. The maximum atomic E-state index is 12.6. The van der Waals surface area contributed by atoms with Crippen LogP contribution < -0.4 is 22.1 Å². The Hall–Kier alpha value is -2.46. The van der Waals surface area contributed by atoms with E-state index in [1.165, 1.54) is 12.5 Å². The van der Waals surface area contributed by atoms with Crippen LogP contribution >= 0.6 is 0 Å². The van der Waals surface area contributed by atoms with Crippen LogP contribution in [0.15, 0.2) is 12.5 Å². The quantitative estimate of drug-likeness (QED) is 0.254. The van der Waals surface area contributed by atoms with E-state index < -0.39 is 35.9 Å². The third kappa shape index (κ3) is 7.75. The first-order valence-corrected chi connectivity index (χ1v) is 9.02. The van der Waals surface area contributed by atoms with E-state index >= 15 is 0 Å². The van der Waals surface area contributed by atoms with E-state index in [9.17, 15) is 19.5 Å². The Morgan fingerprint density at radius 3 is 2.44 bits per heavy atom. The van der Waals surface area contributed by atoms with Crippen LogP contribution in [0.3, 0.4) is 0 Å². The number of aromatic amines is 1. The first-order chi connectivity index (χ1) is 12.8. The molecule has 0 radical (unpaired) electrons. The number of carbonyl (C=O) groups excluding carboxylic acids is 2. The predicted molar refractivity (Wildman–Crippen MR) is 99.5 cm³/mol. The molecule has 1 rings (SSSR count). The normalized spacial score (nSPS) is 14.4. The number of imidazole rings is 1. The number of carbonyl (C=O) groups is 3. The Kier molecular flexibility index (Phi) is 9.45. The Morgan fingerprint density at radius 1 is 1.22 bits per heavy atom. The molecule has 2 amide bonds. The first kappa shape index (κ1) is 22.6. The highest BCUT2D eigenvalue weighted by Gasteiger charge is 2.30. The van der Waals surface area contributed by atoms with E-state index in [1.54, 1.807) is 13.8 Å². The third-order valence-electron chi connectivity index (χ3n) is 4.15. The van der Waals surface area contributed by atoms with Gasteiger partial charge in [0.25, 0.3) is 0 Å². The average molecular weight is 382 g/mol. The van der Waals surface area contributed by atoms with Crippen molar-refractivity contribution in [2.45, 2.75) is 57.7 Å². The lowest BCUT2D eigenvalue weighted by Crippen LogP contribution is -2.56. The molecule has 0 aromatic carbocycles. The summed E-state index contributed by atoms with van der Waals surface area (Å²) in [5, 5.41) is 14.5. The molecule has 0 spiro atoms. The molecule has 0 aliphatic heterocycles. The topological polar surface area (TPSA) is 176 Å². The molecule has 10 heteroatoms. The highest BCUT2D eigenvalue weighted by Crippen LogP contribution is 2.06. The lowest BCUT2D eigenvalue weighted by molar-refractivity contribution is -0.142. The number of H-pyrrole nitrogens is 1. The smallest absolute Gasteiger partial charge is 0.326 e. The number of nitrogens with two attached hydrogens (primary N) is 2. The Balaban J connectivity index is 2.70. The fourth-order valence-corrected chi connectivity index (χ4v) is 2.51. The van der Waals surface area contributed by atoms with Crippen LogP contribution in [-0.4, -0.2) is 57.5 Å². The fourth-order valence-electron chi connectivity index (χ4n) is 2.51. The van der Waals surface area contributed by atoms with Crippen LogP contribution in [0.2, 0.25) is 0 Å². The summed E-state index contributed by atoms with van der Waals surface area (Å²) in [5.41, 5.74) is 11.9. The summed E-state index contributed by atoms with van der Waals surface area (Å²) in [4.78, 5) is 42.9. The summed E-state index contributed by atoms with van der Waals surface area (Å²) in [6.45, 7) is 4.04. The van der Waals surface area contributed by atoms with Gasteiger partial charge in [-0.2, -0.15) is 0 Å². The summed E-state index contributed by atoms with van der Waals surface area (Å²) in [6.07, 6.45) is 4.92. The molecular weight excluding hydrogens is 352 g/mol. The number of unbranched alkanes of at least 4 members (excludes halogenated alkanes) is 1. The molecule has 152 valence electrons. The molecule has 27 heavy (non-hydrogen) atoms. The van der Waals surface area contributed by atoms with E-state index in [1.807, 2.05) is 0 Å². The zero-order valence-electron chi connectivity index (χ0n) is 15.8. The van der Waals surface area contributed by atoms with Crippen LogP contribution in [0.5, 0.6) is 0 Å². The van der Waals surface area contributed by atoms with Gasteiger partial charge in [-0.25, -0.2) is 9.78 Å². The molecular formula is C17H30N6O4. The number of nitrogens with zero attached hydrogens (tertiary/aromatic N) is 1. The van der Waals surface area contributed by atoms with Gasteiger partial charge in [-0.3, -0.25) is 9.59 Å². The lowest BCUT2D eigenvalue weighted by atomic mass is 10.0. The van der Waals surface area contributed by atoms with Crippen molar-refractivity contribution in [2.24, 2.45) is 17.4 Å². The molecule has 3 atom stereocenters. The first-order valence-electron chi connectivity index (χ1n) is 9.02. The summed E-state index contributed by atoms with van der Waals surface area (Å²) >= 11 is 0. The van der Waals surface area contributed by atoms with E-state index in [4.69, 9.17) is 11.5 Å². The molecule has 1 aromatic heterocycles. The minimum atomic E-state index is -1.18. The minimum absolute atomic E-state index is 0.0540. The van der Waals surface area contributed by atoms with E-state index in [0.717, 1.165) is 12.8 Å². The number of aliphatic carboxylic acids is 1. The standard InChI is InChI=1S/C17H30N6O4/c1-10(2)14(23-15(24)12(19)5-3-4-6-18)16(25)22-13(17(26)27)7-11-8-20-9-21-11/h8-10,12-14H,3-7,18-19H2,1-2H3,(H,20,21)(H,22,25)(H,23,24)(H,26,27)/t12-,13-,14-/m0/s1. The van der Waals surface area contributed by atoms with Gasteiger partial charge in [0.05, 0.1) is 12.4 Å². The molecule has 0 unspecified atom stereocenters. The van der Waals surface area contributed by atoms with Gasteiger partial charge < -0.3 is 32.2 Å². The highest BCUT2D eigenvalue weighted by atomic mass is 16.4. The Morgan fingerprint density at radius 2 is 1.93 bits per heavy atom. The van der Waals surface area contributed by atoms with Crippen LogP contribution in [-0.2, 0) is 20.8 Å². The van der Waals surface area contributed by atoms with Crippen molar-refractivity contribution >= 4 is 17.8 Å². The second kappa shape index (κ2) is 11.3. The number of carboxylic acid groups (broad SMARTS) is 1. The Labute approximate surface area is 158 Å². The van der Waals surface area contributed by atoms with Crippen molar-refractivity contribution in [3.8, 4) is 0 Å².